The summed E-state index contributed by atoms with van der Waals surface area (Å²) in [5, 5.41) is 9.73. The van der Waals surface area contributed by atoms with Crippen molar-refractivity contribution in [3.63, 3.8) is 0 Å². The van der Waals surface area contributed by atoms with Gasteiger partial charge in [-0.1, -0.05) is 27.3 Å². The molecule has 6 heteroatoms. The number of nitrogens with zero attached hydrogens (tertiary/aromatic N) is 3. The Morgan fingerprint density at radius 2 is 2.69 bits per heavy atom. The van der Waals surface area contributed by atoms with E-state index in [2.05, 4.69) is 31.0 Å². The molecule has 0 aliphatic carbocycles. The molecule has 1 saturated heterocycles. The molecule has 0 N–H and O–H groups in total. The van der Waals surface area contributed by atoms with Gasteiger partial charge in [-0.3, -0.25) is 0 Å². The largest absolute Gasteiger partial charge is 0.374 e. The molecule has 0 saturated carbocycles. The summed E-state index contributed by atoms with van der Waals surface area (Å²) in [5.74, 6) is 0. The Balaban J connectivity index is 2.00. The number of halogens is 1. The van der Waals surface area contributed by atoms with E-state index in [0.29, 0.717) is 0 Å². The van der Waals surface area contributed by atoms with Gasteiger partial charge in [-0.15, -0.1) is 10.2 Å². The van der Waals surface area contributed by atoms with Crippen molar-refractivity contribution in [1.82, 2.24) is 10.2 Å². The van der Waals surface area contributed by atoms with Crippen LogP contribution in [0.25, 0.3) is 0 Å². The lowest BCUT2D eigenvalue weighted by Gasteiger charge is -2.31. The van der Waals surface area contributed by atoms with Crippen LogP contribution in [0.3, 0.4) is 0 Å². The van der Waals surface area contributed by atoms with Gasteiger partial charge in [-0.2, -0.15) is 0 Å². The number of ether oxygens (including phenoxy) is 1. The zero-order valence-electron chi connectivity index (χ0n) is 7.02. The van der Waals surface area contributed by atoms with Crippen LogP contribution >= 0.6 is 27.3 Å². The van der Waals surface area contributed by atoms with Crippen LogP contribution in [0, 0.1) is 0 Å². The molecular weight excluding hydrogens is 254 g/mol. The number of hydrogen-bond donors (Lipinski definition) is 0. The van der Waals surface area contributed by atoms with E-state index in [1.807, 2.05) is 0 Å². The third-order valence-corrected chi connectivity index (χ3v) is 3.40. The Labute approximate surface area is 89.0 Å². The predicted octanol–water partition coefficient (Wildman–Crippen LogP) is 1.14. The molecule has 2 heterocycles. The molecule has 1 fully saturated rings. The number of anilines is 1. The Hall–Kier alpha value is -0.200. The van der Waals surface area contributed by atoms with Gasteiger partial charge in [0.1, 0.15) is 5.51 Å². The van der Waals surface area contributed by atoms with Crippen molar-refractivity contribution in [2.24, 2.45) is 0 Å². The molecular formula is C7H10BrN3OS. The summed E-state index contributed by atoms with van der Waals surface area (Å²) in [5.41, 5.74) is 1.76. The summed E-state index contributed by atoms with van der Waals surface area (Å²) in [4.78, 5) is 2.22. The summed E-state index contributed by atoms with van der Waals surface area (Å²) in [6.07, 6.45) is 0.276. The fourth-order valence-corrected chi connectivity index (χ4v) is 2.28. The first kappa shape index (κ1) is 9.36. The van der Waals surface area contributed by atoms with E-state index < -0.39 is 0 Å². The third-order valence-electron chi connectivity index (χ3n) is 1.93. The highest BCUT2D eigenvalue weighted by Crippen LogP contribution is 2.19. The fraction of sp³-hybridized carbons (Fsp3) is 0.714. The maximum atomic E-state index is 5.52. The van der Waals surface area contributed by atoms with Gasteiger partial charge in [0.25, 0.3) is 0 Å². The Morgan fingerprint density at radius 1 is 1.77 bits per heavy atom. The fourth-order valence-electron chi connectivity index (χ4n) is 1.29. The SMILES string of the molecule is BrCC1CN(c2nncs2)CCO1. The topological polar surface area (TPSA) is 38.2 Å². The first-order valence-electron chi connectivity index (χ1n) is 4.09. The minimum atomic E-state index is 0.276. The molecule has 72 valence electrons. The van der Waals surface area contributed by atoms with Crippen molar-refractivity contribution in [2.75, 3.05) is 29.9 Å². The van der Waals surface area contributed by atoms with Gasteiger partial charge in [-0.05, 0) is 0 Å². The highest BCUT2D eigenvalue weighted by atomic mass is 79.9. The van der Waals surface area contributed by atoms with Gasteiger partial charge in [-0.25, -0.2) is 0 Å². The van der Waals surface area contributed by atoms with E-state index >= 15 is 0 Å². The van der Waals surface area contributed by atoms with Crippen LogP contribution < -0.4 is 4.90 Å². The average molecular weight is 264 g/mol. The highest BCUT2D eigenvalue weighted by molar-refractivity contribution is 9.09. The second-order valence-electron chi connectivity index (χ2n) is 2.81. The molecule has 4 nitrogen and oxygen atoms in total. The Bertz CT molecular complexity index is 256. The Kier molecular flexibility index (Phi) is 3.13. The first-order chi connectivity index (χ1) is 6.40. The molecule has 1 aromatic rings. The molecule has 0 radical (unpaired) electrons. The second-order valence-corrected chi connectivity index (χ2v) is 4.27. The van der Waals surface area contributed by atoms with Crippen LogP contribution in [0.15, 0.2) is 5.51 Å². The van der Waals surface area contributed by atoms with Crippen molar-refractivity contribution >= 4 is 32.4 Å². The minimum absolute atomic E-state index is 0.276. The van der Waals surface area contributed by atoms with Crippen LogP contribution in [-0.4, -0.2) is 41.3 Å². The molecule has 1 unspecified atom stereocenters. The number of morpholine rings is 1. The van der Waals surface area contributed by atoms with E-state index in [1.54, 1.807) is 16.8 Å². The van der Waals surface area contributed by atoms with Crippen LogP contribution in [-0.2, 0) is 4.74 Å². The lowest BCUT2D eigenvalue weighted by Crippen LogP contribution is -2.43. The van der Waals surface area contributed by atoms with Gasteiger partial charge in [0, 0.05) is 18.4 Å². The molecule has 2 rings (SSSR count). The van der Waals surface area contributed by atoms with Gasteiger partial charge in [0.15, 0.2) is 0 Å². The number of alkyl halides is 1. The normalized spacial score (nSPS) is 23.5. The number of rotatable bonds is 2. The van der Waals surface area contributed by atoms with Gasteiger partial charge < -0.3 is 9.64 Å². The monoisotopic (exact) mass is 263 g/mol. The molecule has 0 spiro atoms. The van der Waals surface area contributed by atoms with Crippen LogP contribution in [0.1, 0.15) is 0 Å². The molecule has 0 aromatic carbocycles. The van der Waals surface area contributed by atoms with E-state index in [0.717, 1.165) is 30.2 Å². The zero-order valence-corrected chi connectivity index (χ0v) is 9.42. The maximum Gasteiger partial charge on any atom is 0.208 e. The highest BCUT2D eigenvalue weighted by Gasteiger charge is 2.21. The Morgan fingerprint density at radius 3 is 3.38 bits per heavy atom. The summed E-state index contributed by atoms with van der Waals surface area (Å²) in [7, 11) is 0. The lowest BCUT2D eigenvalue weighted by molar-refractivity contribution is 0.0570. The van der Waals surface area contributed by atoms with Crippen molar-refractivity contribution in [3.05, 3.63) is 5.51 Å². The standard InChI is InChI=1S/C7H10BrN3OS/c8-3-6-4-11(1-2-12-6)7-10-9-5-13-7/h5-6H,1-4H2. The van der Waals surface area contributed by atoms with Crippen molar-refractivity contribution in [3.8, 4) is 0 Å². The minimum Gasteiger partial charge on any atom is -0.374 e. The van der Waals surface area contributed by atoms with Crippen molar-refractivity contribution < 1.29 is 4.74 Å². The molecule has 1 aromatic heterocycles. The zero-order chi connectivity index (χ0) is 9.10. The molecule has 1 aliphatic rings. The predicted molar refractivity (Wildman–Crippen MR) is 55.7 cm³/mol. The van der Waals surface area contributed by atoms with E-state index in [1.165, 1.54) is 0 Å². The van der Waals surface area contributed by atoms with Gasteiger partial charge in [0.05, 0.1) is 12.7 Å². The molecule has 1 atom stereocenters. The molecule has 1 aliphatic heterocycles. The van der Waals surface area contributed by atoms with Gasteiger partial charge in [0.2, 0.25) is 5.13 Å². The summed E-state index contributed by atoms with van der Waals surface area (Å²) in [6, 6.07) is 0. The third kappa shape index (κ3) is 2.18. The summed E-state index contributed by atoms with van der Waals surface area (Å²) >= 11 is 4.99. The number of hydrogen-bond acceptors (Lipinski definition) is 5. The average Bonchev–Trinajstić information content (AvgIpc) is 2.71. The molecule has 0 bridgehead atoms. The van der Waals surface area contributed by atoms with Gasteiger partial charge >= 0.3 is 0 Å². The van der Waals surface area contributed by atoms with E-state index in [4.69, 9.17) is 4.74 Å². The second kappa shape index (κ2) is 4.34. The van der Waals surface area contributed by atoms with Crippen LogP contribution in [0.2, 0.25) is 0 Å². The summed E-state index contributed by atoms with van der Waals surface area (Å²) < 4.78 is 5.52. The van der Waals surface area contributed by atoms with Crippen molar-refractivity contribution in [1.29, 1.82) is 0 Å². The van der Waals surface area contributed by atoms with E-state index in [-0.39, 0.29) is 6.10 Å². The lowest BCUT2D eigenvalue weighted by atomic mass is 10.3. The number of aromatic nitrogens is 2. The summed E-state index contributed by atoms with van der Waals surface area (Å²) in [6.45, 7) is 2.59. The van der Waals surface area contributed by atoms with E-state index in [9.17, 15) is 0 Å². The van der Waals surface area contributed by atoms with Crippen LogP contribution in [0.5, 0.6) is 0 Å². The first-order valence-corrected chi connectivity index (χ1v) is 6.09. The smallest absolute Gasteiger partial charge is 0.208 e. The van der Waals surface area contributed by atoms with Crippen molar-refractivity contribution in [2.45, 2.75) is 6.10 Å². The quantitative estimate of drug-likeness (QED) is 0.751. The maximum absolute atomic E-state index is 5.52. The van der Waals surface area contributed by atoms with Crippen LogP contribution in [0.4, 0.5) is 5.13 Å². The molecule has 13 heavy (non-hydrogen) atoms. The molecule has 0 amide bonds.